The fourth-order valence-corrected chi connectivity index (χ4v) is 5.66. The zero-order valence-corrected chi connectivity index (χ0v) is 9.60. The molecule has 0 amide bonds. The molecule has 1 unspecified atom stereocenters. The normalized spacial score (nSPS) is 25.6. The van der Waals surface area contributed by atoms with Gasteiger partial charge in [-0.1, -0.05) is 0 Å². The molecule has 1 nitrogen and oxygen atoms in total. The molecule has 1 aromatic rings. The van der Waals surface area contributed by atoms with Gasteiger partial charge in [-0.3, -0.25) is 0 Å². The third-order valence-electron chi connectivity index (χ3n) is 1.83. The quantitative estimate of drug-likeness (QED) is 0.682. The predicted octanol–water partition coefficient (Wildman–Crippen LogP) is 2.47. The Morgan fingerprint density at radius 2 is 1.85 bits per heavy atom. The van der Waals surface area contributed by atoms with E-state index >= 15 is 0 Å². The molecule has 0 saturated carbocycles. The molecule has 0 fully saturated rings. The molecular weight excluding hydrogens is 244 g/mol. The van der Waals surface area contributed by atoms with Crippen molar-refractivity contribution in [1.29, 1.82) is 0 Å². The first-order chi connectivity index (χ1) is 6.31. The van der Waals surface area contributed by atoms with Crippen LogP contribution >= 0.6 is 9.95 Å². The van der Waals surface area contributed by atoms with Crippen molar-refractivity contribution in [3.63, 3.8) is 0 Å². The van der Waals surface area contributed by atoms with E-state index in [1.807, 2.05) is 42.5 Å². The minimum absolute atomic E-state index is 1.17. The zero-order chi connectivity index (χ0) is 9.15. The van der Waals surface area contributed by atoms with Crippen molar-refractivity contribution in [2.75, 3.05) is 0 Å². The van der Waals surface area contributed by atoms with E-state index in [-0.39, 0.29) is 0 Å². The van der Waals surface area contributed by atoms with E-state index in [1.165, 1.54) is 4.35 Å². The molecule has 1 aliphatic rings. The van der Waals surface area contributed by atoms with E-state index in [0.29, 0.717) is 0 Å². The first kappa shape index (κ1) is 8.93. The standard InChI is InChI=1S/C10H9AsClN/c12-11(8-4-5-9-13-11)10-6-2-1-3-7-10/h1-9H. The van der Waals surface area contributed by atoms with Gasteiger partial charge in [0.15, 0.2) is 0 Å². The number of benzene rings is 1. The Morgan fingerprint density at radius 1 is 1.08 bits per heavy atom. The summed E-state index contributed by atoms with van der Waals surface area (Å²) in [7, 11) is 6.47. The van der Waals surface area contributed by atoms with E-state index in [2.05, 4.69) is 8.72 Å². The van der Waals surface area contributed by atoms with Gasteiger partial charge in [0.05, 0.1) is 0 Å². The van der Waals surface area contributed by atoms with Crippen LogP contribution in [0.1, 0.15) is 0 Å². The number of hydrogen-bond donors (Lipinski definition) is 0. The molecular formula is C10H9AsClN. The van der Waals surface area contributed by atoms with Gasteiger partial charge in [-0.15, -0.1) is 0 Å². The van der Waals surface area contributed by atoms with E-state index in [0.717, 1.165) is 0 Å². The van der Waals surface area contributed by atoms with E-state index in [9.17, 15) is 0 Å². The van der Waals surface area contributed by atoms with Crippen LogP contribution in [0, 0.1) is 0 Å². The van der Waals surface area contributed by atoms with Crippen LogP contribution in [0.2, 0.25) is 0 Å². The summed E-state index contributed by atoms with van der Waals surface area (Å²) in [5.41, 5.74) is 0. The molecule has 1 heterocycles. The number of nitrogens with zero attached hydrogens (tertiary/aromatic N) is 1. The summed E-state index contributed by atoms with van der Waals surface area (Å²) in [5.74, 6) is 0. The fourth-order valence-electron chi connectivity index (χ4n) is 1.18. The fraction of sp³-hybridized carbons (Fsp3) is 0. The van der Waals surface area contributed by atoms with Crippen LogP contribution in [0.25, 0.3) is 0 Å². The van der Waals surface area contributed by atoms with Crippen molar-refractivity contribution in [3.05, 3.63) is 53.5 Å². The average Bonchev–Trinajstić information content (AvgIpc) is 2.20. The molecule has 13 heavy (non-hydrogen) atoms. The molecule has 0 N–H and O–H groups in total. The van der Waals surface area contributed by atoms with Crippen LogP contribution in [0.4, 0.5) is 0 Å². The van der Waals surface area contributed by atoms with Gasteiger partial charge in [0, 0.05) is 0 Å². The summed E-state index contributed by atoms with van der Waals surface area (Å²) in [4.78, 5) is 2.05. The van der Waals surface area contributed by atoms with Crippen LogP contribution in [0.5, 0.6) is 0 Å². The first-order valence-corrected chi connectivity index (χ1v) is 9.35. The Bertz CT molecular complexity index is 406. The summed E-state index contributed by atoms with van der Waals surface area (Å²) >= 11 is -2.54. The van der Waals surface area contributed by atoms with Crippen molar-refractivity contribution in [1.82, 2.24) is 0 Å². The number of rotatable bonds is 1. The van der Waals surface area contributed by atoms with Crippen LogP contribution < -0.4 is 4.35 Å². The Labute approximate surface area is 84.2 Å². The van der Waals surface area contributed by atoms with Gasteiger partial charge in [-0.25, -0.2) is 0 Å². The van der Waals surface area contributed by atoms with Gasteiger partial charge in [-0.2, -0.15) is 0 Å². The molecule has 1 aromatic carbocycles. The van der Waals surface area contributed by atoms with Gasteiger partial charge < -0.3 is 0 Å². The molecule has 66 valence electrons. The summed E-state index contributed by atoms with van der Waals surface area (Å²) < 4.78 is 5.57. The van der Waals surface area contributed by atoms with E-state index in [4.69, 9.17) is 9.95 Å². The topological polar surface area (TPSA) is 12.4 Å². The summed E-state index contributed by atoms with van der Waals surface area (Å²) in [6, 6.07) is 10.1. The van der Waals surface area contributed by atoms with E-state index < -0.39 is 12.4 Å². The van der Waals surface area contributed by atoms with Crippen LogP contribution in [-0.2, 0) is 0 Å². The van der Waals surface area contributed by atoms with Gasteiger partial charge in [0.2, 0.25) is 0 Å². The minimum atomic E-state index is -2.54. The van der Waals surface area contributed by atoms with Crippen LogP contribution in [0.15, 0.2) is 57.4 Å². The maximum atomic E-state index is 6.47. The van der Waals surface area contributed by atoms with Crippen molar-refractivity contribution in [2.45, 2.75) is 0 Å². The van der Waals surface area contributed by atoms with Gasteiger partial charge >= 0.3 is 84.1 Å². The third kappa shape index (κ3) is 1.82. The molecule has 0 bridgehead atoms. The van der Waals surface area contributed by atoms with Crippen LogP contribution in [0.3, 0.4) is 0 Å². The van der Waals surface area contributed by atoms with Gasteiger partial charge in [0.25, 0.3) is 0 Å². The van der Waals surface area contributed by atoms with Gasteiger partial charge in [-0.05, 0) is 0 Å². The van der Waals surface area contributed by atoms with Crippen LogP contribution in [-0.4, -0.2) is 12.4 Å². The Balaban J connectivity index is 2.53. The van der Waals surface area contributed by atoms with Crippen molar-refractivity contribution in [2.24, 2.45) is 3.86 Å². The monoisotopic (exact) mass is 253 g/mol. The maximum absolute atomic E-state index is 6.47. The zero-order valence-electron chi connectivity index (χ0n) is 6.97. The molecule has 3 heteroatoms. The summed E-state index contributed by atoms with van der Waals surface area (Å²) in [5, 5.41) is 0. The second-order valence-electron chi connectivity index (χ2n) is 2.74. The molecule has 0 radical (unpaired) electrons. The first-order valence-electron chi connectivity index (χ1n) is 4.02. The molecule has 2 rings (SSSR count). The third-order valence-corrected chi connectivity index (χ3v) is 8.21. The number of allylic oxidation sites excluding steroid dienone is 2. The second kappa shape index (κ2) is 3.61. The Kier molecular flexibility index (Phi) is 2.48. The van der Waals surface area contributed by atoms with E-state index in [1.54, 1.807) is 6.20 Å². The number of halogens is 1. The summed E-state index contributed by atoms with van der Waals surface area (Å²) in [6.45, 7) is 0. The van der Waals surface area contributed by atoms with Gasteiger partial charge in [0.1, 0.15) is 0 Å². The number of hydrogen-bond acceptors (Lipinski definition) is 1. The Hall–Kier alpha value is -0.652. The molecule has 1 aliphatic heterocycles. The summed E-state index contributed by atoms with van der Waals surface area (Å²) in [6.07, 6.45) is 5.69. The average molecular weight is 254 g/mol. The molecule has 0 aliphatic carbocycles. The Morgan fingerprint density at radius 3 is 2.46 bits per heavy atom. The second-order valence-corrected chi connectivity index (χ2v) is 10.1. The van der Waals surface area contributed by atoms with Crippen molar-refractivity contribution in [3.8, 4) is 0 Å². The molecule has 0 saturated heterocycles. The SMILES string of the molecule is Cl[As]1(c2ccccc2)=NC=CC=C1. The molecule has 0 spiro atoms. The predicted molar refractivity (Wildman–Crippen MR) is 58.4 cm³/mol. The van der Waals surface area contributed by atoms with Crippen molar-refractivity contribution < 1.29 is 0 Å². The molecule has 0 aromatic heterocycles. The molecule has 1 atom stereocenters. The van der Waals surface area contributed by atoms with Crippen molar-refractivity contribution >= 4 is 26.7 Å².